The van der Waals surface area contributed by atoms with Gasteiger partial charge in [-0.15, -0.1) is 0 Å². The number of piperidine rings is 1. The summed E-state index contributed by atoms with van der Waals surface area (Å²) in [6.07, 6.45) is 0.496. The van der Waals surface area contributed by atoms with Crippen LogP contribution in [0.1, 0.15) is 33.6 Å². The Balaban J connectivity index is 2.26. The van der Waals surface area contributed by atoms with Gasteiger partial charge in [0.1, 0.15) is 5.60 Å². The number of sulfonamides is 1. The Bertz CT molecular complexity index is 574. The van der Waals surface area contributed by atoms with Crippen LogP contribution in [0, 0.1) is 0 Å². The second kappa shape index (κ2) is 8.52. The predicted molar refractivity (Wildman–Crippen MR) is 99.5 cm³/mol. The second-order valence-electron chi connectivity index (χ2n) is 7.98. The van der Waals surface area contributed by atoms with Gasteiger partial charge in [0, 0.05) is 52.9 Å². The Morgan fingerprint density at radius 2 is 1.69 bits per heavy atom. The average molecular weight is 392 g/mol. The molecule has 2 aliphatic heterocycles. The summed E-state index contributed by atoms with van der Waals surface area (Å²) in [6.45, 7) is 9.67. The highest BCUT2D eigenvalue weighted by molar-refractivity contribution is 7.91. The van der Waals surface area contributed by atoms with Crippen LogP contribution < -0.4 is 5.32 Å². The van der Waals surface area contributed by atoms with Crippen LogP contribution in [-0.4, -0.2) is 93.5 Å². The Labute approximate surface area is 157 Å². The van der Waals surface area contributed by atoms with Crippen molar-refractivity contribution in [2.24, 2.45) is 0 Å². The molecular formula is C17H33N3O5S. The minimum atomic E-state index is -3.80. The minimum absolute atomic E-state index is 0.248. The van der Waals surface area contributed by atoms with Gasteiger partial charge in [0.15, 0.2) is 4.75 Å². The van der Waals surface area contributed by atoms with Crippen molar-refractivity contribution in [2.75, 3.05) is 59.5 Å². The zero-order chi connectivity index (χ0) is 19.4. The first kappa shape index (κ1) is 21.6. The van der Waals surface area contributed by atoms with Crippen molar-refractivity contribution in [1.29, 1.82) is 0 Å². The molecule has 0 bridgehead atoms. The molecular weight excluding hydrogens is 358 g/mol. The summed E-state index contributed by atoms with van der Waals surface area (Å²) < 4.78 is 37.6. The number of carbonyl (C=O) groups is 1. The van der Waals surface area contributed by atoms with Crippen LogP contribution in [0.3, 0.4) is 0 Å². The van der Waals surface area contributed by atoms with Crippen LogP contribution in [0.2, 0.25) is 0 Å². The van der Waals surface area contributed by atoms with E-state index in [2.05, 4.69) is 10.2 Å². The third kappa shape index (κ3) is 4.75. The van der Waals surface area contributed by atoms with Crippen molar-refractivity contribution < 1.29 is 22.7 Å². The summed E-state index contributed by atoms with van der Waals surface area (Å²) in [5, 5.41) is 3.16. The third-order valence-corrected chi connectivity index (χ3v) is 7.56. The van der Waals surface area contributed by atoms with E-state index in [0.717, 1.165) is 6.54 Å². The monoisotopic (exact) mass is 391 g/mol. The molecule has 152 valence electrons. The molecule has 0 aromatic carbocycles. The normalized spacial score (nSPS) is 22.9. The maximum atomic E-state index is 13.5. The summed E-state index contributed by atoms with van der Waals surface area (Å²) in [6, 6.07) is 0. The highest BCUT2D eigenvalue weighted by atomic mass is 32.2. The van der Waals surface area contributed by atoms with Gasteiger partial charge in [0.05, 0.1) is 6.61 Å². The predicted octanol–water partition coefficient (Wildman–Crippen LogP) is 0.0441. The third-order valence-electron chi connectivity index (χ3n) is 4.96. The lowest BCUT2D eigenvalue weighted by atomic mass is 9.95. The van der Waals surface area contributed by atoms with Gasteiger partial charge in [-0.25, -0.2) is 8.42 Å². The number of nitrogens with one attached hydrogen (secondary N) is 1. The van der Waals surface area contributed by atoms with Crippen molar-refractivity contribution in [2.45, 2.75) is 44.0 Å². The highest BCUT2D eigenvalue weighted by Crippen LogP contribution is 2.36. The number of hydrogen-bond acceptors (Lipinski definition) is 7. The number of likely N-dealkylation sites (tertiary alicyclic amines) is 1. The Kier molecular flexibility index (Phi) is 7.06. The average Bonchev–Trinajstić information content (AvgIpc) is 2.59. The van der Waals surface area contributed by atoms with Gasteiger partial charge in [-0.1, -0.05) is 0 Å². The van der Waals surface area contributed by atoms with E-state index in [-0.39, 0.29) is 12.8 Å². The number of nitrogens with zero attached hydrogens (tertiary/aromatic N) is 2. The maximum absolute atomic E-state index is 13.5. The lowest BCUT2D eigenvalue weighted by Crippen LogP contribution is -2.62. The lowest BCUT2D eigenvalue weighted by molar-refractivity contribution is -0.159. The summed E-state index contributed by atoms with van der Waals surface area (Å²) in [5.41, 5.74) is -0.726. The Morgan fingerprint density at radius 1 is 1.12 bits per heavy atom. The van der Waals surface area contributed by atoms with Gasteiger partial charge in [-0.2, -0.15) is 4.31 Å². The molecule has 0 unspecified atom stereocenters. The summed E-state index contributed by atoms with van der Waals surface area (Å²) in [7, 11) is -2.16. The first-order chi connectivity index (χ1) is 12.1. The van der Waals surface area contributed by atoms with Crippen molar-refractivity contribution in [1.82, 2.24) is 14.5 Å². The number of carbonyl (C=O) groups excluding carboxylic acids is 1. The van der Waals surface area contributed by atoms with Gasteiger partial charge in [0.2, 0.25) is 10.0 Å². The first-order valence-corrected chi connectivity index (χ1v) is 10.7. The molecule has 0 spiro atoms. The minimum Gasteiger partial charge on any atom is -0.459 e. The van der Waals surface area contributed by atoms with Gasteiger partial charge >= 0.3 is 5.97 Å². The number of hydrogen-bond donors (Lipinski definition) is 1. The summed E-state index contributed by atoms with van der Waals surface area (Å²) in [4.78, 5) is 15.2. The van der Waals surface area contributed by atoms with Crippen molar-refractivity contribution in [3.05, 3.63) is 0 Å². The SMILES string of the molecule is COCCN1CCC(C(=O)OC(C)(C)C)(S(=O)(=O)N2CCNCC2)CC1. The van der Waals surface area contributed by atoms with Crippen LogP contribution in [0.15, 0.2) is 0 Å². The van der Waals surface area contributed by atoms with E-state index in [1.54, 1.807) is 27.9 Å². The molecule has 1 N–H and O–H groups in total. The quantitative estimate of drug-likeness (QED) is 0.640. The van der Waals surface area contributed by atoms with E-state index in [1.165, 1.54) is 4.31 Å². The molecule has 0 aromatic rings. The molecule has 2 rings (SSSR count). The van der Waals surface area contributed by atoms with E-state index in [0.29, 0.717) is 45.9 Å². The number of esters is 1. The highest BCUT2D eigenvalue weighted by Gasteiger charge is 2.56. The Hall–Kier alpha value is -0.740. The molecule has 0 radical (unpaired) electrons. The fourth-order valence-corrected chi connectivity index (χ4v) is 5.54. The molecule has 0 aromatic heterocycles. The number of ether oxygens (including phenoxy) is 2. The van der Waals surface area contributed by atoms with Crippen molar-refractivity contribution in [3.8, 4) is 0 Å². The molecule has 0 saturated carbocycles. The molecule has 8 nitrogen and oxygen atoms in total. The second-order valence-corrected chi connectivity index (χ2v) is 10.2. The summed E-state index contributed by atoms with van der Waals surface area (Å²) in [5.74, 6) is -0.616. The first-order valence-electron chi connectivity index (χ1n) is 9.27. The standard InChI is InChI=1S/C17H33N3O5S/c1-16(2,3)25-15(21)17(5-9-19(10-6-17)13-14-24-4)26(22,23)20-11-7-18-8-12-20/h18H,5-14H2,1-4H3. The zero-order valence-corrected chi connectivity index (χ0v) is 17.2. The van der Waals surface area contributed by atoms with Crippen LogP contribution in [0.4, 0.5) is 0 Å². The van der Waals surface area contributed by atoms with Gasteiger partial charge in [-0.3, -0.25) is 4.79 Å². The fourth-order valence-electron chi connectivity index (χ4n) is 3.43. The Morgan fingerprint density at radius 3 is 2.19 bits per heavy atom. The van der Waals surface area contributed by atoms with Crippen LogP contribution >= 0.6 is 0 Å². The van der Waals surface area contributed by atoms with E-state index < -0.39 is 26.3 Å². The largest absolute Gasteiger partial charge is 0.459 e. The zero-order valence-electron chi connectivity index (χ0n) is 16.4. The molecule has 26 heavy (non-hydrogen) atoms. The molecule has 2 heterocycles. The molecule has 2 fully saturated rings. The molecule has 9 heteroatoms. The van der Waals surface area contributed by atoms with Crippen molar-refractivity contribution in [3.63, 3.8) is 0 Å². The number of rotatable bonds is 6. The number of piperazine rings is 1. The maximum Gasteiger partial charge on any atom is 0.329 e. The van der Waals surface area contributed by atoms with Gasteiger partial charge in [-0.05, 0) is 33.6 Å². The molecule has 0 atom stereocenters. The van der Waals surface area contributed by atoms with Crippen LogP contribution in [0.5, 0.6) is 0 Å². The van der Waals surface area contributed by atoms with E-state index in [4.69, 9.17) is 9.47 Å². The van der Waals surface area contributed by atoms with E-state index in [9.17, 15) is 13.2 Å². The van der Waals surface area contributed by atoms with Gasteiger partial charge in [0.25, 0.3) is 0 Å². The molecule has 2 saturated heterocycles. The molecule has 0 aliphatic carbocycles. The van der Waals surface area contributed by atoms with Crippen LogP contribution in [0.25, 0.3) is 0 Å². The number of methoxy groups -OCH3 is 1. The lowest BCUT2D eigenvalue weighted by Gasteiger charge is -2.43. The molecule has 0 amide bonds. The fraction of sp³-hybridized carbons (Fsp3) is 0.941. The van der Waals surface area contributed by atoms with E-state index in [1.807, 2.05) is 0 Å². The van der Waals surface area contributed by atoms with Gasteiger partial charge < -0.3 is 19.7 Å². The molecule has 2 aliphatic rings. The summed E-state index contributed by atoms with van der Waals surface area (Å²) >= 11 is 0. The topological polar surface area (TPSA) is 88.2 Å². The van der Waals surface area contributed by atoms with Crippen LogP contribution in [-0.2, 0) is 24.3 Å². The van der Waals surface area contributed by atoms with Crippen molar-refractivity contribution >= 4 is 16.0 Å². The smallest absolute Gasteiger partial charge is 0.329 e. The van der Waals surface area contributed by atoms with E-state index >= 15 is 0 Å².